The van der Waals surface area contributed by atoms with Crippen molar-refractivity contribution >= 4 is 51.4 Å². The van der Waals surface area contributed by atoms with Crippen molar-refractivity contribution in [1.82, 2.24) is 10.2 Å². The van der Waals surface area contributed by atoms with Crippen molar-refractivity contribution < 1.29 is 18.3 Å². The second-order valence-electron chi connectivity index (χ2n) is 4.26. The molecule has 0 unspecified atom stereocenters. The summed E-state index contributed by atoms with van der Waals surface area (Å²) in [7, 11) is 0. The van der Waals surface area contributed by atoms with Gasteiger partial charge in [0.15, 0.2) is 4.34 Å². The summed E-state index contributed by atoms with van der Waals surface area (Å²) in [4.78, 5) is 11.9. The third-order valence-corrected chi connectivity index (χ3v) is 4.80. The Morgan fingerprint density at radius 2 is 2.25 bits per heavy atom. The van der Waals surface area contributed by atoms with Crippen molar-refractivity contribution in [3.05, 3.63) is 23.2 Å². The summed E-state index contributed by atoms with van der Waals surface area (Å²) in [5.41, 5.74) is 0.387. The van der Waals surface area contributed by atoms with E-state index in [0.29, 0.717) is 15.2 Å². The molecule has 130 valence electrons. The van der Waals surface area contributed by atoms with Crippen molar-refractivity contribution in [2.45, 2.75) is 17.9 Å². The van der Waals surface area contributed by atoms with Crippen LogP contribution in [0.5, 0.6) is 5.75 Å². The Labute approximate surface area is 149 Å². The van der Waals surface area contributed by atoms with Crippen LogP contribution in [-0.4, -0.2) is 35.0 Å². The van der Waals surface area contributed by atoms with Gasteiger partial charge in [-0.1, -0.05) is 34.7 Å². The van der Waals surface area contributed by atoms with Crippen molar-refractivity contribution in [2.75, 3.05) is 22.9 Å². The highest BCUT2D eigenvalue weighted by molar-refractivity contribution is 8.01. The van der Waals surface area contributed by atoms with Crippen LogP contribution >= 0.6 is 34.7 Å². The van der Waals surface area contributed by atoms with Gasteiger partial charge in [0, 0.05) is 12.2 Å². The number of alkyl halides is 2. The first-order valence-corrected chi connectivity index (χ1v) is 8.90. The van der Waals surface area contributed by atoms with Crippen LogP contribution in [0, 0.1) is 0 Å². The van der Waals surface area contributed by atoms with Gasteiger partial charge in [0.25, 0.3) is 0 Å². The number of halogens is 3. The van der Waals surface area contributed by atoms with Crippen LogP contribution in [0.25, 0.3) is 0 Å². The number of ether oxygens (including phenoxy) is 1. The largest absolute Gasteiger partial charge is 0.433 e. The Hall–Kier alpha value is -1.65. The summed E-state index contributed by atoms with van der Waals surface area (Å²) in [5, 5.41) is 14.2. The Balaban J connectivity index is 1.86. The number of thioether (sulfide) groups is 1. The second kappa shape index (κ2) is 9.00. The Kier molecular flexibility index (Phi) is 7.00. The van der Waals surface area contributed by atoms with Gasteiger partial charge in [-0.05, 0) is 25.1 Å². The minimum atomic E-state index is -2.96. The van der Waals surface area contributed by atoms with E-state index in [4.69, 9.17) is 11.6 Å². The van der Waals surface area contributed by atoms with Crippen LogP contribution in [-0.2, 0) is 4.79 Å². The second-order valence-corrected chi connectivity index (χ2v) is 6.87. The van der Waals surface area contributed by atoms with Crippen LogP contribution in [0.1, 0.15) is 6.92 Å². The molecular formula is C13H13ClF2N4O2S2. The summed E-state index contributed by atoms with van der Waals surface area (Å²) < 4.78 is 29.2. The molecule has 11 heteroatoms. The van der Waals surface area contributed by atoms with Gasteiger partial charge in [-0.3, -0.25) is 4.79 Å². The quantitative estimate of drug-likeness (QED) is 0.660. The molecule has 24 heavy (non-hydrogen) atoms. The van der Waals surface area contributed by atoms with E-state index in [0.717, 1.165) is 6.54 Å². The lowest BCUT2D eigenvalue weighted by atomic mass is 10.3. The zero-order chi connectivity index (χ0) is 17.5. The Morgan fingerprint density at radius 1 is 1.46 bits per heavy atom. The van der Waals surface area contributed by atoms with Crippen molar-refractivity contribution in [3.63, 3.8) is 0 Å². The smallest absolute Gasteiger partial charge is 0.387 e. The predicted octanol–water partition coefficient (Wildman–Crippen LogP) is 3.96. The van der Waals surface area contributed by atoms with E-state index in [-0.39, 0.29) is 22.4 Å². The predicted molar refractivity (Wildman–Crippen MR) is 91.5 cm³/mol. The highest BCUT2D eigenvalue weighted by atomic mass is 35.5. The summed E-state index contributed by atoms with van der Waals surface area (Å²) in [6, 6.07) is 4.04. The van der Waals surface area contributed by atoms with Crippen LogP contribution < -0.4 is 15.4 Å². The Morgan fingerprint density at radius 3 is 2.92 bits per heavy atom. The standard InChI is InChI=1S/C13H13ClF2N4O2S2/c1-2-17-12-19-20-13(24-12)23-6-10(21)18-7-3-4-9(8(14)5-7)22-11(15)16/h3-5,11H,2,6H2,1H3,(H,17,19)(H,18,21). The molecule has 0 spiro atoms. The van der Waals surface area contributed by atoms with E-state index >= 15 is 0 Å². The van der Waals surface area contributed by atoms with Gasteiger partial charge < -0.3 is 15.4 Å². The molecule has 0 saturated heterocycles. The zero-order valence-corrected chi connectivity index (χ0v) is 14.8. The number of anilines is 2. The topological polar surface area (TPSA) is 76.1 Å². The summed E-state index contributed by atoms with van der Waals surface area (Å²) in [6.07, 6.45) is 0. The van der Waals surface area contributed by atoms with Crippen LogP contribution in [0.2, 0.25) is 5.02 Å². The first-order valence-electron chi connectivity index (χ1n) is 6.72. The maximum absolute atomic E-state index is 12.2. The average Bonchev–Trinajstić information content (AvgIpc) is 2.96. The number of hydrogen-bond acceptors (Lipinski definition) is 7. The summed E-state index contributed by atoms with van der Waals surface area (Å²) in [6.45, 7) is -0.269. The van der Waals surface area contributed by atoms with Crippen molar-refractivity contribution in [1.29, 1.82) is 0 Å². The summed E-state index contributed by atoms with van der Waals surface area (Å²) in [5.74, 6) is -0.296. The Bertz CT molecular complexity index is 702. The number of carbonyl (C=O) groups excluding carboxylic acids is 1. The fourth-order valence-corrected chi connectivity index (χ4v) is 3.43. The molecule has 0 aliphatic heterocycles. The number of rotatable bonds is 8. The van der Waals surface area contributed by atoms with E-state index in [2.05, 4.69) is 25.6 Å². The van der Waals surface area contributed by atoms with Crippen molar-refractivity contribution in [2.24, 2.45) is 0 Å². The van der Waals surface area contributed by atoms with Crippen molar-refractivity contribution in [3.8, 4) is 5.75 Å². The molecular weight excluding hydrogens is 382 g/mol. The number of nitrogens with zero attached hydrogens (tertiary/aromatic N) is 2. The highest BCUT2D eigenvalue weighted by Crippen LogP contribution is 2.29. The SMILES string of the molecule is CCNc1nnc(SCC(=O)Nc2ccc(OC(F)F)c(Cl)c2)s1. The molecule has 0 aliphatic carbocycles. The molecule has 0 radical (unpaired) electrons. The van der Waals surface area contributed by atoms with Gasteiger partial charge in [0.05, 0.1) is 10.8 Å². The maximum Gasteiger partial charge on any atom is 0.387 e. The lowest BCUT2D eigenvalue weighted by molar-refractivity contribution is -0.113. The number of amides is 1. The molecule has 2 N–H and O–H groups in total. The third kappa shape index (κ3) is 5.77. The zero-order valence-electron chi connectivity index (χ0n) is 12.4. The molecule has 0 saturated carbocycles. The molecule has 0 atom stereocenters. The van der Waals surface area contributed by atoms with Gasteiger partial charge in [0.1, 0.15) is 5.75 Å². The number of aromatic nitrogens is 2. The van der Waals surface area contributed by atoms with E-state index in [9.17, 15) is 13.6 Å². The molecule has 1 amide bonds. The molecule has 1 aromatic heterocycles. The van der Waals surface area contributed by atoms with Crippen LogP contribution in [0.4, 0.5) is 19.6 Å². The van der Waals surface area contributed by atoms with Gasteiger partial charge in [0.2, 0.25) is 11.0 Å². The first kappa shape index (κ1) is 18.7. The van der Waals surface area contributed by atoms with E-state index in [1.807, 2.05) is 6.92 Å². The number of carbonyl (C=O) groups is 1. The van der Waals surface area contributed by atoms with E-state index in [1.165, 1.54) is 41.3 Å². The molecule has 2 aromatic rings. The lowest BCUT2D eigenvalue weighted by Crippen LogP contribution is -2.14. The van der Waals surface area contributed by atoms with Crippen LogP contribution in [0.15, 0.2) is 22.5 Å². The fraction of sp³-hybridized carbons (Fsp3) is 0.308. The monoisotopic (exact) mass is 394 g/mol. The normalized spacial score (nSPS) is 10.7. The molecule has 1 heterocycles. The van der Waals surface area contributed by atoms with Gasteiger partial charge in [-0.25, -0.2) is 0 Å². The average molecular weight is 395 g/mol. The lowest BCUT2D eigenvalue weighted by Gasteiger charge is -2.09. The molecule has 0 fully saturated rings. The molecule has 0 bridgehead atoms. The molecule has 1 aromatic carbocycles. The molecule has 6 nitrogen and oxygen atoms in total. The number of nitrogens with one attached hydrogen (secondary N) is 2. The summed E-state index contributed by atoms with van der Waals surface area (Å²) >= 11 is 8.43. The maximum atomic E-state index is 12.2. The minimum Gasteiger partial charge on any atom is -0.433 e. The number of hydrogen-bond donors (Lipinski definition) is 2. The first-order chi connectivity index (χ1) is 11.5. The van der Waals surface area contributed by atoms with E-state index < -0.39 is 6.61 Å². The highest BCUT2D eigenvalue weighted by Gasteiger charge is 2.11. The van der Waals surface area contributed by atoms with E-state index in [1.54, 1.807) is 0 Å². The minimum absolute atomic E-state index is 0.0137. The molecule has 0 aliphatic rings. The third-order valence-electron chi connectivity index (χ3n) is 2.49. The van der Waals surface area contributed by atoms with Gasteiger partial charge in [-0.2, -0.15) is 8.78 Å². The van der Waals surface area contributed by atoms with Gasteiger partial charge >= 0.3 is 6.61 Å². The number of benzene rings is 1. The fourth-order valence-electron chi connectivity index (χ4n) is 1.59. The van der Waals surface area contributed by atoms with Crippen LogP contribution in [0.3, 0.4) is 0 Å². The molecule has 2 rings (SSSR count). The van der Waals surface area contributed by atoms with Gasteiger partial charge in [-0.15, -0.1) is 10.2 Å².